The maximum atomic E-state index is 11.1. The molecule has 1 rings (SSSR count). The van der Waals surface area contributed by atoms with E-state index in [0.717, 1.165) is 5.76 Å². The number of amides is 1. The number of carbonyl (C=O) groups is 1. The monoisotopic (exact) mass is 206 g/mol. The van der Waals surface area contributed by atoms with Gasteiger partial charge in [0.25, 0.3) is 0 Å². The highest BCUT2D eigenvalue weighted by molar-refractivity contribution is 5.76. The fraction of sp³-hybridized carbons (Fsp3) is 0.364. The summed E-state index contributed by atoms with van der Waals surface area (Å²) in [6, 6.07) is 3.71. The van der Waals surface area contributed by atoms with Gasteiger partial charge in [-0.15, -0.1) is 6.42 Å². The second-order valence-corrected chi connectivity index (χ2v) is 2.99. The zero-order valence-corrected chi connectivity index (χ0v) is 8.45. The summed E-state index contributed by atoms with van der Waals surface area (Å²) in [6.07, 6.45) is 7.04. The summed E-state index contributed by atoms with van der Waals surface area (Å²) in [5, 5.41) is 5.68. The summed E-state index contributed by atoms with van der Waals surface area (Å²) in [7, 11) is 0. The Morgan fingerprint density at radius 1 is 1.60 bits per heavy atom. The van der Waals surface area contributed by atoms with Crippen molar-refractivity contribution in [1.29, 1.82) is 0 Å². The molecule has 0 spiro atoms. The molecular formula is C11H14N2O2. The number of hydrogen-bond acceptors (Lipinski definition) is 3. The zero-order valence-electron chi connectivity index (χ0n) is 8.45. The largest absolute Gasteiger partial charge is 0.468 e. The summed E-state index contributed by atoms with van der Waals surface area (Å²) in [4.78, 5) is 11.1. The quantitative estimate of drug-likeness (QED) is 0.526. The predicted molar refractivity (Wildman–Crippen MR) is 56.9 cm³/mol. The van der Waals surface area contributed by atoms with Gasteiger partial charge < -0.3 is 15.1 Å². The fourth-order valence-corrected chi connectivity index (χ4v) is 1.06. The molecule has 0 aliphatic heterocycles. The molecule has 1 heterocycles. The zero-order chi connectivity index (χ0) is 10.9. The van der Waals surface area contributed by atoms with Crippen molar-refractivity contribution in [2.24, 2.45) is 0 Å². The Bertz CT molecular complexity index is 325. The number of rotatable bonds is 6. The van der Waals surface area contributed by atoms with Gasteiger partial charge in [0.2, 0.25) is 5.91 Å². The van der Waals surface area contributed by atoms with E-state index in [1.54, 1.807) is 6.26 Å². The molecule has 0 saturated heterocycles. The molecule has 1 amide bonds. The Labute approximate surface area is 89.0 Å². The molecule has 0 bridgehead atoms. The van der Waals surface area contributed by atoms with E-state index >= 15 is 0 Å². The van der Waals surface area contributed by atoms with Crippen LogP contribution in [0.1, 0.15) is 12.2 Å². The van der Waals surface area contributed by atoms with Crippen LogP contribution in [-0.2, 0) is 11.3 Å². The first-order valence-corrected chi connectivity index (χ1v) is 4.76. The molecule has 15 heavy (non-hydrogen) atoms. The molecule has 80 valence electrons. The number of furan rings is 1. The molecule has 2 N–H and O–H groups in total. The van der Waals surface area contributed by atoms with Gasteiger partial charge >= 0.3 is 0 Å². The van der Waals surface area contributed by atoms with Crippen molar-refractivity contribution in [3.05, 3.63) is 24.2 Å². The maximum Gasteiger partial charge on any atom is 0.222 e. The lowest BCUT2D eigenvalue weighted by Crippen LogP contribution is -2.27. The summed E-state index contributed by atoms with van der Waals surface area (Å²) in [6.45, 7) is 1.53. The van der Waals surface area contributed by atoms with Crippen molar-refractivity contribution in [3.63, 3.8) is 0 Å². The highest BCUT2D eigenvalue weighted by Crippen LogP contribution is 1.98. The first kappa shape index (κ1) is 11.3. The molecule has 0 saturated carbocycles. The van der Waals surface area contributed by atoms with Crippen LogP contribution < -0.4 is 10.6 Å². The molecule has 0 fully saturated rings. The average molecular weight is 206 g/mol. The number of hydrogen-bond donors (Lipinski definition) is 2. The van der Waals surface area contributed by atoms with Crippen molar-refractivity contribution in [1.82, 2.24) is 10.6 Å². The molecule has 0 radical (unpaired) electrons. The van der Waals surface area contributed by atoms with E-state index in [-0.39, 0.29) is 12.5 Å². The first-order valence-electron chi connectivity index (χ1n) is 4.76. The van der Waals surface area contributed by atoms with Gasteiger partial charge in [-0.2, -0.15) is 0 Å². The average Bonchev–Trinajstić information content (AvgIpc) is 2.74. The van der Waals surface area contributed by atoms with E-state index in [2.05, 4.69) is 16.6 Å². The first-order chi connectivity index (χ1) is 7.33. The second-order valence-electron chi connectivity index (χ2n) is 2.99. The van der Waals surface area contributed by atoms with E-state index in [1.807, 2.05) is 12.1 Å². The highest BCUT2D eigenvalue weighted by atomic mass is 16.3. The maximum absolute atomic E-state index is 11.1. The van der Waals surface area contributed by atoms with Gasteiger partial charge in [-0.3, -0.25) is 4.79 Å². The number of carbonyl (C=O) groups excluding carboxylic acids is 1. The Morgan fingerprint density at radius 2 is 2.47 bits per heavy atom. The smallest absolute Gasteiger partial charge is 0.222 e. The molecule has 0 aliphatic rings. The van der Waals surface area contributed by atoms with Crippen molar-refractivity contribution in [2.45, 2.75) is 13.0 Å². The van der Waals surface area contributed by atoms with Gasteiger partial charge in [-0.1, -0.05) is 5.92 Å². The van der Waals surface area contributed by atoms with Crippen molar-refractivity contribution >= 4 is 5.91 Å². The number of terminal acetylenes is 1. The van der Waals surface area contributed by atoms with Crippen LogP contribution in [0.4, 0.5) is 0 Å². The fourth-order valence-electron chi connectivity index (χ4n) is 1.06. The summed E-state index contributed by atoms with van der Waals surface area (Å²) in [5.41, 5.74) is 0. The van der Waals surface area contributed by atoms with Crippen LogP contribution in [0, 0.1) is 12.3 Å². The van der Waals surface area contributed by atoms with Crippen LogP contribution in [0.3, 0.4) is 0 Å². The molecule has 1 aromatic rings. The van der Waals surface area contributed by atoms with Crippen LogP contribution in [0.5, 0.6) is 0 Å². The molecular weight excluding hydrogens is 192 g/mol. The minimum absolute atomic E-state index is 0.0418. The van der Waals surface area contributed by atoms with Gasteiger partial charge in [0.05, 0.1) is 19.4 Å². The van der Waals surface area contributed by atoms with E-state index in [4.69, 9.17) is 10.8 Å². The van der Waals surface area contributed by atoms with Crippen LogP contribution in [0.15, 0.2) is 22.8 Å². The van der Waals surface area contributed by atoms with Gasteiger partial charge in [-0.05, 0) is 12.1 Å². The van der Waals surface area contributed by atoms with Gasteiger partial charge in [0, 0.05) is 13.0 Å². The molecule has 4 heteroatoms. The highest BCUT2D eigenvalue weighted by Gasteiger charge is 1.99. The van der Waals surface area contributed by atoms with Crippen molar-refractivity contribution in [3.8, 4) is 12.3 Å². The predicted octanol–water partition coefficient (Wildman–Crippen LogP) is 0.509. The lowest BCUT2D eigenvalue weighted by atomic mass is 10.3. The van der Waals surface area contributed by atoms with Crippen LogP contribution in [-0.4, -0.2) is 19.0 Å². The standard InChI is InChI=1S/C11H14N2O2/c1-2-6-13-11(14)5-7-12-9-10-4-3-8-15-10/h1,3-4,8,12H,5-7,9H2,(H,13,14). The SMILES string of the molecule is C#CCNC(=O)CCNCc1ccco1. The van der Waals surface area contributed by atoms with E-state index in [9.17, 15) is 4.79 Å². The molecule has 0 unspecified atom stereocenters. The van der Waals surface area contributed by atoms with Gasteiger partial charge in [0.15, 0.2) is 0 Å². The van der Waals surface area contributed by atoms with Gasteiger partial charge in [-0.25, -0.2) is 0 Å². The topological polar surface area (TPSA) is 54.3 Å². The Hall–Kier alpha value is -1.73. The van der Waals surface area contributed by atoms with Gasteiger partial charge in [0.1, 0.15) is 5.76 Å². The number of nitrogens with one attached hydrogen (secondary N) is 2. The van der Waals surface area contributed by atoms with Crippen molar-refractivity contribution in [2.75, 3.05) is 13.1 Å². The molecule has 0 aromatic carbocycles. The van der Waals surface area contributed by atoms with Crippen molar-refractivity contribution < 1.29 is 9.21 Å². The van der Waals surface area contributed by atoms with Crippen LogP contribution in [0.2, 0.25) is 0 Å². The lowest BCUT2D eigenvalue weighted by molar-refractivity contribution is -0.120. The Kier molecular flexibility index (Phi) is 5.06. The summed E-state index contributed by atoms with van der Waals surface area (Å²) >= 11 is 0. The van der Waals surface area contributed by atoms with E-state index < -0.39 is 0 Å². The third-order valence-electron chi connectivity index (χ3n) is 1.80. The summed E-state index contributed by atoms with van der Waals surface area (Å²) in [5.74, 6) is 3.16. The minimum Gasteiger partial charge on any atom is -0.468 e. The molecule has 4 nitrogen and oxygen atoms in total. The Morgan fingerprint density at radius 3 is 3.13 bits per heavy atom. The molecule has 0 aliphatic carbocycles. The van der Waals surface area contributed by atoms with E-state index in [1.165, 1.54) is 0 Å². The molecule has 1 aromatic heterocycles. The normalized spacial score (nSPS) is 9.53. The van der Waals surface area contributed by atoms with E-state index in [0.29, 0.717) is 19.5 Å². The lowest BCUT2D eigenvalue weighted by Gasteiger charge is -2.02. The minimum atomic E-state index is -0.0418. The second kappa shape index (κ2) is 6.68. The third kappa shape index (κ3) is 4.89. The third-order valence-corrected chi connectivity index (χ3v) is 1.80. The van der Waals surface area contributed by atoms with Crippen LogP contribution >= 0.6 is 0 Å². The summed E-state index contributed by atoms with van der Waals surface area (Å²) < 4.78 is 5.12. The Balaban J connectivity index is 2.02. The molecule has 0 atom stereocenters. The van der Waals surface area contributed by atoms with Crippen LogP contribution in [0.25, 0.3) is 0 Å².